The lowest BCUT2D eigenvalue weighted by Crippen LogP contribution is -2.47. The topological polar surface area (TPSA) is 52.6 Å². The summed E-state index contributed by atoms with van der Waals surface area (Å²) >= 11 is 0. The number of benzene rings is 1. The number of likely N-dealkylation sites (tertiary alicyclic amines) is 1. The Hall–Kier alpha value is -1.62. The van der Waals surface area contributed by atoms with E-state index in [0.717, 1.165) is 12.0 Å². The summed E-state index contributed by atoms with van der Waals surface area (Å²) in [6, 6.07) is 3.99. The van der Waals surface area contributed by atoms with Gasteiger partial charge in [0.1, 0.15) is 5.82 Å². The molecule has 0 saturated carbocycles. The first kappa shape index (κ1) is 13.8. The molecule has 2 rings (SSSR count). The van der Waals surface area contributed by atoms with Crippen molar-refractivity contribution in [3.8, 4) is 0 Å². The van der Waals surface area contributed by atoms with Crippen LogP contribution >= 0.6 is 0 Å². The standard InChI is InChI=1S/C14H19FN2O2/c1-9-3-4-11(15)7-12(9)16-14(19)17-6-5-10(2)13(18)8-17/h3-4,7,10,13,18H,5-6,8H2,1-2H3,(H,16,19). The van der Waals surface area contributed by atoms with Crippen LogP contribution in [-0.2, 0) is 0 Å². The lowest BCUT2D eigenvalue weighted by atomic mass is 9.96. The number of rotatable bonds is 1. The van der Waals surface area contributed by atoms with Gasteiger partial charge in [-0.2, -0.15) is 0 Å². The molecule has 4 nitrogen and oxygen atoms in total. The first-order chi connectivity index (χ1) is 8.97. The molecule has 0 aromatic heterocycles. The number of hydrogen-bond acceptors (Lipinski definition) is 2. The third-order valence-corrected chi connectivity index (χ3v) is 3.65. The fourth-order valence-electron chi connectivity index (χ4n) is 2.16. The van der Waals surface area contributed by atoms with Gasteiger partial charge in [-0.25, -0.2) is 9.18 Å². The van der Waals surface area contributed by atoms with Gasteiger partial charge in [0.25, 0.3) is 0 Å². The number of β-amino-alcohol motifs (C(OH)–C–C–N with tert-alkyl or cyclic N) is 1. The molecular formula is C14H19FN2O2. The van der Waals surface area contributed by atoms with Crippen molar-refractivity contribution in [3.05, 3.63) is 29.6 Å². The van der Waals surface area contributed by atoms with Crippen molar-refractivity contribution >= 4 is 11.7 Å². The molecule has 0 radical (unpaired) electrons. The van der Waals surface area contributed by atoms with E-state index < -0.39 is 6.10 Å². The van der Waals surface area contributed by atoms with Crippen LogP contribution in [0, 0.1) is 18.7 Å². The predicted octanol–water partition coefficient (Wildman–Crippen LogP) is 2.37. The normalized spacial score (nSPS) is 23.3. The van der Waals surface area contributed by atoms with Gasteiger partial charge in [-0.3, -0.25) is 0 Å². The number of nitrogens with one attached hydrogen (secondary N) is 1. The van der Waals surface area contributed by atoms with E-state index in [-0.39, 0.29) is 17.8 Å². The van der Waals surface area contributed by atoms with Gasteiger partial charge in [-0.05, 0) is 37.0 Å². The van der Waals surface area contributed by atoms with Crippen LogP contribution in [0.4, 0.5) is 14.9 Å². The molecule has 2 N–H and O–H groups in total. The summed E-state index contributed by atoms with van der Waals surface area (Å²) in [6.45, 7) is 4.71. The van der Waals surface area contributed by atoms with Crippen molar-refractivity contribution < 1.29 is 14.3 Å². The molecule has 1 aliphatic rings. The Balaban J connectivity index is 2.03. The zero-order valence-corrected chi connectivity index (χ0v) is 11.2. The highest BCUT2D eigenvalue weighted by Gasteiger charge is 2.27. The number of hydrogen-bond donors (Lipinski definition) is 2. The average molecular weight is 266 g/mol. The van der Waals surface area contributed by atoms with Crippen LogP contribution in [0.25, 0.3) is 0 Å². The number of aliphatic hydroxyl groups is 1. The maximum atomic E-state index is 13.1. The van der Waals surface area contributed by atoms with Crippen LogP contribution in [-0.4, -0.2) is 35.2 Å². The summed E-state index contributed by atoms with van der Waals surface area (Å²) < 4.78 is 13.1. The smallest absolute Gasteiger partial charge is 0.321 e. The van der Waals surface area contributed by atoms with Crippen molar-refractivity contribution in [1.82, 2.24) is 4.90 Å². The number of anilines is 1. The summed E-state index contributed by atoms with van der Waals surface area (Å²) in [7, 11) is 0. The monoisotopic (exact) mass is 266 g/mol. The molecule has 19 heavy (non-hydrogen) atoms. The SMILES string of the molecule is Cc1ccc(F)cc1NC(=O)N1CCC(C)C(O)C1. The summed E-state index contributed by atoms with van der Waals surface area (Å²) in [6.07, 6.45) is 0.282. The van der Waals surface area contributed by atoms with Gasteiger partial charge in [0.2, 0.25) is 0 Å². The van der Waals surface area contributed by atoms with Gasteiger partial charge in [0.05, 0.1) is 6.10 Å². The van der Waals surface area contributed by atoms with Gasteiger partial charge in [-0.15, -0.1) is 0 Å². The van der Waals surface area contributed by atoms with Crippen molar-refractivity contribution in [2.45, 2.75) is 26.4 Å². The van der Waals surface area contributed by atoms with E-state index in [9.17, 15) is 14.3 Å². The molecule has 2 amide bonds. The van der Waals surface area contributed by atoms with Gasteiger partial charge in [-0.1, -0.05) is 13.0 Å². The predicted molar refractivity (Wildman–Crippen MR) is 71.5 cm³/mol. The first-order valence-electron chi connectivity index (χ1n) is 6.47. The number of urea groups is 1. The third kappa shape index (κ3) is 3.23. The molecule has 0 aliphatic carbocycles. The van der Waals surface area contributed by atoms with E-state index in [0.29, 0.717) is 18.8 Å². The number of nitrogens with zero attached hydrogens (tertiary/aromatic N) is 1. The number of amides is 2. The molecule has 0 spiro atoms. The molecule has 104 valence electrons. The Bertz CT molecular complexity index is 479. The maximum absolute atomic E-state index is 13.1. The van der Waals surface area contributed by atoms with Crippen molar-refractivity contribution in [2.75, 3.05) is 18.4 Å². The second kappa shape index (κ2) is 5.57. The quantitative estimate of drug-likeness (QED) is 0.820. The van der Waals surface area contributed by atoms with E-state index in [1.54, 1.807) is 11.0 Å². The van der Waals surface area contributed by atoms with E-state index in [1.165, 1.54) is 12.1 Å². The molecule has 2 atom stereocenters. The molecule has 1 heterocycles. The molecular weight excluding hydrogens is 247 g/mol. The molecule has 5 heteroatoms. The van der Waals surface area contributed by atoms with Crippen LogP contribution in [0.2, 0.25) is 0 Å². The van der Waals surface area contributed by atoms with Gasteiger partial charge in [0, 0.05) is 18.8 Å². The fraction of sp³-hybridized carbons (Fsp3) is 0.500. The highest BCUT2D eigenvalue weighted by molar-refractivity contribution is 5.90. The van der Waals surface area contributed by atoms with E-state index in [2.05, 4.69) is 5.32 Å². The number of piperidine rings is 1. The lowest BCUT2D eigenvalue weighted by Gasteiger charge is -2.34. The Morgan fingerprint density at radius 2 is 2.26 bits per heavy atom. The number of aryl methyl sites for hydroxylation is 1. The first-order valence-corrected chi connectivity index (χ1v) is 6.47. The molecule has 0 bridgehead atoms. The van der Waals surface area contributed by atoms with E-state index >= 15 is 0 Å². The highest BCUT2D eigenvalue weighted by atomic mass is 19.1. The Morgan fingerprint density at radius 3 is 2.95 bits per heavy atom. The molecule has 1 aliphatic heterocycles. The van der Waals surface area contributed by atoms with Crippen LogP contribution in [0.3, 0.4) is 0 Å². The number of carbonyl (C=O) groups excluding carboxylic acids is 1. The fourth-order valence-corrected chi connectivity index (χ4v) is 2.16. The van der Waals surface area contributed by atoms with Gasteiger partial charge >= 0.3 is 6.03 Å². The second-order valence-corrected chi connectivity index (χ2v) is 5.17. The zero-order valence-electron chi connectivity index (χ0n) is 11.2. The second-order valence-electron chi connectivity index (χ2n) is 5.17. The van der Waals surface area contributed by atoms with Crippen molar-refractivity contribution in [1.29, 1.82) is 0 Å². The van der Waals surface area contributed by atoms with Gasteiger partial charge < -0.3 is 15.3 Å². The largest absolute Gasteiger partial charge is 0.391 e. The zero-order chi connectivity index (χ0) is 14.0. The van der Waals surface area contributed by atoms with Gasteiger partial charge in [0.15, 0.2) is 0 Å². The van der Waals surface area contributed by atoms with E-state index in [4.69, 9.17) is 0 Å². The number of halogens is 1. The average Bonchev–Trinajstić information content (AvgIpc) is 2.37. The number of carbonyl (C=O) groups is 1. The Kier molecular flexibility index (Phi) is 4.04. The van der Waals surface area contributed by atoms with Crippen LogP contribution in [0.5, 0.6) is 0 Å². The van der Waals surface area contributed by atoms with Crippen LogP contribution in [0.15, 0.2) is 18.2 Å². The molecule has 1 aromatic carbocycles. The minimum atomic E-state index is -0.492. The van der Waals surface area contributed by atoms with Crippen molar-refractivity contribution in [2.24, 2.45) is 5.92 Å². The number of aliphatic hydroxyl groups excluding tert-OH is 1. The highest BCUT2D eigenvalue weighted by Crippen LogP contribution is 2.20. The Labute approximate surface area is 112 Å². The minimum Gasteiger partial charge on any atom is -0.391 e. The summed E-state index contributed by atoms with van der Waals surface area (Å²) in [5.74, 6) is -0.173. The van der Waals surface area contributed by atoms with Crippen LogP contribution in [0.1, 0.15) is 18.9 Å². The maximum Gasteiger partial charge on any atom is 0.321 e. The third-order valence-electron chi connectivity index (χ3n) is 3.65. The summed E-state index contributed by atoms with van der Waals surface area (Å²) in [5, 5.41) is 12.5. The lowest BCUT2D eigenvalue weighted by molar-refractivity contribution is 0.0463. The van der Waals surface area contributed by atoms with E-state index in [1.807, 2.05) is 13.8 Å². The van der Waals surface area contributed by atoms with Crippen LogP contribution < -0.4 is 5.32 Å². The summed E-state index contributed by atoms with van der Waals surface area (Å²) in [4.78, 5) is 13.6. The summed E-state index contributed by atoms with van der Waals surface area (Å²) in [5.41, 5.74) is 1.28. The molecule has 1 aromatic rings. The minimum absolute atomic E-state index is 0.208. The Morgan fingerprint density at radius 1 is 1.53 bits per heavy atom. The molecule has 2 unspecified atom stereocenters. The molecule has 1 saturated heterocycles. The van der Waals surface area contributed by atoms with Crippen molar-refractivity contribution in [3.63, 3.8) is 0 Å². The molecule has 1 fully saturated rings.